The molecule has 2 nitrogen and oxygen atoms in total. The molecule has 0 saturated carbocycles. The van der Waals surface area contributed by atoms with E-state index in [1.807, 2.05) is 0 Å². The van der Waals surface area contributed by atoms with Crippen LogP contribution in [-0.2, 0) is 9.47 Å². The van der Waals surface area contributed by atoms with Crippen LogP contribution in [0.25, 0.3) is 0 Å². The van der Waals surface area contributed by atoms with E-state index in [0.29, 0.717) is 0 Å². The molecule has 0 aromatic heterocycles. The number of unbranched alkanes of at least 4 members (excludes halogenated alkanes) is 35. The Balaban J connectivity index is 0.0000137. The number of hydrogen-bond donors (Lipinski definition) is 0. The molecule has 3 aromatic rings. The van der Waals surface area contributed by atoms with Crippen molar-refractivity contribution in [1.29, 1.82) is 0 Å². The average Bonchev–Trinajstić information content (AvgIpc) is 3.94. The van der Waals surface area contributed by atoms with Crippen molar-refractivity contribution in [3.8, 4) is 0 Å². The van der Waals surface area contributed by atoms with Gasteiger partial charge in [0.1, 0.15) is 23.2 Å². The normalized spacial score (nSPS) is 13.3. The van der Waals surface area contributed by atoms with Gasteiger partial charge in [0, 0.05) is 0 Å². The Hall–Kier alpha value is -2.48. The SMILES string of the molecule is C(=C\CCCCCCCCCC/C=C/CCCCCCCCCCC1OCCO1)/CCCCCCCCCC/C=C/CCCCCCCCCCC[P+](c1ccccc1)(c1ccccc1)c1ccccc1.[Cl-]. The zero-order valence-corrected chi connectivity index (χ0v) is 47.9. The minimum Gasteiger partial charge on any atom is -1.00 e. The van der Waals surface area contributed by atoms with E-state index in [0.717, 1.165) is 19.6 Å². The first-order valence-electron chi connectivity index (χ1n) is 30.6. The number of allylic oxidation sites excluding steroid dienone is 6. The second kappa shape index (κ2) is 47.0. The fourth-order valence-corrected chi connectivity index (χ4v) is 15.2. The topological polar surface area (TPSA) is 18.5 Å². The summed E-state index contributed by atoms with van der Waals surface area (Å²) in [7, 11) is -1.67. The Kier molecular flexibility index (Phi) is 41.7. The highest BCUT2D eigenvalue weighted by Crippen LogP contribution is 2.56. The second-order valence-corrected chi connectivity index (χ2v) is 24.9. The molecule has 72 heavy (non-hydrogen) atoms. The molecule has 0 N–H and O–H groups in total. The van der Waals surface area contributed by atoms with Crippen LogP contribution >= 0.6 is 7.26 Å². The summed E-state index contributed by atoms with van der Waals surface area (Å²) in [5, 5.41) is 4.56. The van der Waals surface area contributed by atoms with Crippen molar-refractivity contribution in [1.82, 2.24) is 0 Å². The first-order chi connectivity index (χ1) is 35.4. The van der Waals surface area contributed by atoms with Gasteiger partial charge in [-0.05, 0) is 139 Å². The van der Waals surface area contributed by atoms with Crippen molar-refractivity contribution >= 4 is 23.2 Å². The molecule has 0 spiro atoms. The fraction of sp³-hybridized carbons (Fsp3) is 0.647. The van der Waals surface area contributed by atoms with Gasteiger partial charge in [-0.1, -0.05) is 245 Å². The quantitative estimate of drug-likeness (QED) is 0.0319. The predicted octanol–water partition coefficient (Wildman–Crippen LogP) is 17.6. The summed E-state index contributed by atoms with van der Waals surface area (Å²) in [6.45, 7) is 1.57. The van der Waals surface area contributed by atoms with E-state index in [2.05, 4.69) is 127 Å². The predicted molar refractivity (Wildman–Crippen MR) is 318 cm³/mol. The van der Waals surface area contributed by atoms with Crippen LogP contribution in [0.15, 0.2) is 127 Å². The molecule has 1 aliphatic heterocycles. The first-order valence-corrected chi connectivity index (χ1v) is 32.6. The molecule has 1 fully saturated rings. The maximum Gasteiger partial charge on any atom is 0.157 e. The summed E-state index contributed by atoms with van der Waals surface area (Å²) in [5.41, 5.74) is 0. The lowest BCUT2D eigenvalue weighted by molar-refractivity contribution is -0.0480. The molecule has 3 aromatic carbocycles. The third-order valence-electron chi connectivity index (χ3n) is 15.2. The van der Waals surface area contributed by atoms with E-state index in [1.165, 1.54) is 272 Å². The molecule has 1 aliphatic rings. The van der Waals surface area contributed by atoms with E-state index in [-0.39, 0.29) is 18.7 Å². The largest absolute Gasteiger partial charge is 1.00 e. The van der Waals surface area contributed by atoms with Crippen molar-refractivity contribution < 1.29 is 21.9 Å². The molecule has 1 saturated heterocycles. The summed E-state index contributed by atoms with van der Waals surface area (Å²) in [6, 6.07) is 34.2. The molecule has 0 atom stereocenters. The Morgan fingerprint density at radius 3 is 0.778 bits per heavy atom. The summed E-state index contributed by atoms with van der Waals surface area (Å²) in [4.78, 5) is 0. The number of hydrogen-bond acceptors (Lipinski definition) is 2. The Labute approximate surface area is 452 Å². The molecule has 1 heterocycles. The molecular weight excluding hydrogens is 915 g/mol. The van der Waals surface area contributed by atoms with Gasteiger partial charge in [0.15, 0.2) is 6.29 Å². The highest BCUT2D eigenvalue weighted by Gasteiger charge is 2.44. The third-order valence-corrected chi connectivity index (χ3v) is 19.7. The lowest BCUT2D eigenvalue weighted by Crippen LogP contribution is -3.00. The number of benzene rings is 3. The highest BCUT2D eigenvalue weighted by atomic mass is 35.5. The first kappa shape index (κ1) is 63.8. The zero-order valence-electron chi connectivity index (χ0n) is 46.2. The zero-order chi connectivity index (χ0) is 49.5. The fourth-order valence-electron chi connectivity index (χ4n) is 10.8. The van der Waals surface area contributed by atoms with Crippen LogP contribution in [0.5, 0.6) is 0 Å². The van der Waals surface area contributed by atoms with Gasteiger partial charge in [0.2, 0.25) is 0 Å². The molecule has 0 radical (unpaired) electrons. The lowest BCUT2D eigenvalue weighted by Gasteiger charge is -2.27. The molecule has 404 valence electrons. The van der Waals surface area contributed by atoms with Crippen molar-refractivity contribution in [3.63, 3.8) is 0 Å². The summed E-state index contributed by atoms with van der Waals surface area (Å²) in [6.07, 6.45) is 71.0. The van der Waals surface area contributed by atoms with E-state index >= 15 is 0 Å². The average molecular weight is 1020 g/mol. The van der Waals surface area contributed by atoms with Crippen LogP contribution in [0.4, 0.5) is 0 Å². The van der Waals surface area contributed by atoms with E-state index in [1.54, 1.807) is 0 Å². The lowest BCUT2D eigenvalue weighted by atomic mass is 10.0. The van der Waals surface area contributed by atoms with Gasteiger partial charge in [0.25, 0.3) is 0 Å². The Morgan fingerprint density at radius 2 is 0.514 bits per heavy atom. The van der Waals surface area contributed by atoms with Crippen LogP contribution in [-0.4, -0.2) is 25.7 Å². The van der Waals surface area contributed by atoms with Crippen LogP contribution < -0.4 is 28.3 Å². The number of halogens is 1. The monoisotopic (exact) mass is 1020 g/mol. The van der Waals surface area contributed by atoms with Gasteiger partial charge in [-0.2, -0.15) is 0 Å². The van der Waals surface area contributed by atoms with Crippen molar-refractivity contribution in [2.45, 2.75) is 263 Å². The molecule has 0 amide bonds. The standard InChI is InChI=1S/C68H108O2P.ClH/c1(2-4-6-8-10-12-14-16-18-20-22-24-26-28-30-32-34-36-38-40-42-53-61-68-69-62-63-70-68)3-5-7-9-11-13-15-17-19-21-23-25-27-29-31-33-35-37-39-41-43-54-64-71(65-55-47-44-48-56-65,66-57-49-45-50-58-66)67-59-51-46-52-60-67;/h1-2,23-26,44-52,55-60,68H,3-22,27-43,53-54,61-64H2;1H/q+1;/p-1/b2-1+,25-23+,26-24+;. The minimum absolute atomic E-state index is 0. The number of ether oxygens (including phenoxy) is 2. The summed E-state index contributed by atoms with van der Waals surface area (Å²) >= 11 is 0. The van der Waals surface area contributed by atoms with Gasteiger partial charge in [-0.15, -0.1) is 0 Å². The van der Waals surface area contributed by atoms with Crippen molar-refractivity contribution in [2.75, 3.05) is 19.4 Å². The Bertz CT molecular complexity index is 1570. The van der Waals surface area contributed by atoms with Gasteiger partial charge < -0.3 is 21.9 Å². The maximum absolute atomic E-state index is 5.52. The van der Waals surface area contributed by atoms with E-state index < -0.39 is 7.26 Å². The van der Waals surface area contributed by atoms with Crippen molar-refractivity contribution in [3.05, 3.63) is 127 Å². The van der Waals surface area contributed by atoms with Crippen LogP contribution in [0.2, 0.25) is 0 Å². The third kappa shape index (κ3) is 31.4. The molecule has 0 bridgehead atoms. The van der Waals surface area contributed by atoms with Gasteiger partial charge in [-0.3, -0.25) is 0 Å². The molecular formula is C68H108ClO2P. The van der Waals surface area contributed by atoms with Gasteiger partial charge in [-0.25, -0.2) is 0 Å². The van der Waals surface area contributed by atoms with E-state index in [4.69, 9.17) is 9.47 Å². The van der Waals surface area contributed by atoms with Crippen LogP contribution in [0.1, 0.15) is 257 Å². The Morgan fingerprint density at radius 1 is 0.292 bits per heavy atom. The number of rotatable bonds is 48. The molecule has 0 unspecified atom stereocenters. The second-order valence-electron chi connectivity index (χ2n) is 21.3. The molecule has 4 rings (SSSR count). The van der Waals surface area contributed by atoms with Gasteiger partial charge >= 0.3 is 0 Å². The van der Waals surface area contributed by atoms with E-state index in [9.17, 15) is 0 Å². The minimum atomic E-state index is -1.67. The molecule has 4 heteroatoms. The van der Waals surface area contributed by atoms with Gasteiger partial charge in [0.05, 0.1) is 19.4 Å². The summed E-state index contributed by atoms with van der Waals surface area (Å²) < 4.78 is 11.0. The summed E-state index contributed by atoms with van der Waals surface area (Å²) in [5.74, 6) is 0. The molecule has 0 aliphatic carbocycles. The van der Waals surface area contributed by atoms with Crippen LogP contribution in [0, 0.1) is 0 Å². The smallest absolute Gasteiger partial charge is 0.157 e. The maximum atomic E-state index is 5.52. The van der Waals surface area contributed by atoms with Crippen LogP contribution in [0.3, 0.4) is 0 Å². The highest BCUT2D eigenvalue weighted by molar-refractivity contribution is 7.95. The van der Waals surface area contributed by atoms with Crippen molar-refractivity contribution in [2.24, 2.45) is 0 Å².